The van der Waals surface area contributed by atoms with Crippen LogP contribution in [-0.4, -0.2) is 45.3 Å². The van der Waals surface area contributed by atoms with Gasteiger partial charge in [0.25, 0.3) is 0 Å². The van der Waals surface area contributed by atoms with Crippen LogP contribution in [-0.2, 0) is 16.1 Å². The molecule has 1 aromatic heterocycles. The van der Waals surface area contributed by atoms with E-state index in [1.165, 1.54) is 25.7 Å². The van der Waals surface area contributed by atoms with Gasteiger partial charge in [-0.25, -0.2) is 0 Å². The predicted octanol–water partition coefficient (Wildman–Crippen LogP) is 1.63. The molecule has 2 heterocycles. The molecule has 0 radical (unpaired) electrons. The number of ether oxygens (including phenoxy) is 1. The Balaban J connectivity index is 1.47. The van der Waals surface area contributed by atoms with Gasteiger partial charge in [-0.2, -0.15) is 0 Å². The lowest BCUT2D eigenvalue weighted by Crippen LogP contribution is -2.46. The molecule has 0 aromatic carbocycles. The van der Waals surface area contributed by atoms with Gasteiger partial charge in [0.15, 0.2) is 5.82 Å². The molecule has 2 saturated carbocycles. The molecule has 6 nitrogen and oxygen atoms in total. The average Bonchev–Trinajstić information content (AvgIpc) is 3.48. The SMILES string of the molecule is CCn1cnnc1[C@H]1CN(C(=O)C(C2CC2)C2CC2)CCO1. The van der Waals surface area contributed by atoms with Gasteiger partial charge in [0.1, 0.15) is 12.4 Å². The predicted molar refractivity (Wildman–Crippen MR) is 79.9 cm³/mol. The van der Waals surface area contributed by atoms with Crippen molar-refractivity contribution < 1.29 is 9.53 Å². The maximum absolute atomic E-state index is 13.0. The highest BCUT2D eigenvalue weighted by Gasteiger charge is 2.47. The third kappa shape index (κ3) is 2.64. The average molecular weight is 304 g/mol. The quantitative estimate of drug-likeness (QED) is 0.829. The molecule has 0 unspecified atom stereocenters. The Hall–Kier alpha value is -1.43. The minimum absolute atomic E-state index is 0.140. The molecule has 1 aliphatic heterocycles. The lowest BCUT2D eigenvalue weighted by atomic mass is 9.95. The first-order valence-electron chi connectivity index (χ1n) is 8.56. The number of amides is 1. The van der Waals surface area contributed by atoms with Gasteiger partial charge in [-0.1, -0.05) is 0 Å². The van der Waals surface area contributed by atoms with E-state index < -0.39 is 0 Å². The molecule has 0 spiro atoms. The van der Waals surface area contributed by atoms with E-state index in [0.717, 1.165) is 12.4 Å². The largest absolute Gasteiger partial charge is 0.366 e. The van der Waals surface area contributed by atoms with E-state index in [2.05, 4.69) is 17.1 Å². The van der Waals surface area contributed by atoms with E-state index in [-0.39, 0.29) is 12.0 Å². The molecule has 0 bridgehead atoms. The highest BCUT2D eigenvalue weighted by Crippen LogP contribution is 2.50. The summed E-state index contributed by atoms with van der Waals surface area (Å²) in [6.45, 7) is 4.81. The van der Waals surface area contributed by atoms with E-state index in [9.17, 15) is 4.79 Å². The number of carbonyl (C=O) groups excluding carboxylic acids is 1. The molecule has 3 aliphatic rings. The first-order chi connectivity index (χ1) is 10.8. The zero-order chi connectivity index (χ0) is 15.1. The molecular formula is C16H24N4O2. The van der Waals surface area contributed by atoms with Crippen LogP contribution < -0.4 is 0 Å². The van der Waals surface area contributed by atoms with Gasteiger partial charge in [-0.15, -0.1) is 10.2 Å². The van der Waals surface area contributed by atoms with Crippen molar-refractivity contribution in [1.29, 1.82) is 0 Å². The monoisotopic (exact) mass is 304 g/mol. The van der Waals surface area contributed by atoms with Crippen LogP contribution in [0.1, 0.15) is 44.5 Å². The van der Waals surface area contributed by atoms with Gasteiger partial charge in [0.05, 0.1) is 13.2 Å². The minimum atomic E-state index is -0.140. The zero-order valence-corrected chi connectivity index (χ0v) is 13.1. The summed E-state index contributed by atoms with van der Waals surface area (Å²) in [5.41, 5.74) is 0. The molecule has 1 atom stereocenters. The summed E-state index contributed by atoms with van der Waals surface area (Å²) in [5.74, 6) is 2.79. The van der Waals surface area contributed by atoms with E-state index >= 15 is 0 Å². The Kier molecular flexibility index (Phi) is 3.64. The number of carbonyl (C=O) groups is 1. The van der Waals surface area contributed by atoms with Crippen LogP contribution in [0, 0.1) is 17.8 Å². The first-order valence-corrected chi connectivity index (χ1v) is 8.56. The summed E-state index contributed by atoms with van der Waals surface area (Å²) in [5, 5.41) is 8.17. The summed E-state index contributed by atoms with van der Waals surface area (Å²) in [7, 11) is 0. The van der Waals surface area contributed by atoms with E-state index in [4.69, 9.17) is 4.74 Å². The topological polar surface area (TPSA) is 60.2 Å². The molecule has 22 heavy (non-hydrogen) atoms. The molecule has 3 fully saturated rings. The van der Waals surface area contributed by atoms with Gasteiger partial charge >= 0.3 is 0 Å². The van der Waals surface area contributed by atoms with Crippen LogP contribution in [0.4, 0.5) is 0 Å². The summed E-state index contributed by atoms with van der Waals surface area (Å²) < 4.78 is 7.86. The van der Waals surface area contributed by atoms with Crippen molar-refractivity contribution in [3.8, 4) is 0 Å². The van der Waals surface area contributed by atoms with Gasteiger partial charge in [0, 0.05) is 19.0 Å². The molecule has 1 amide bonds. The second-order valence-electron chi connectivity index (χ2n) is 6.82. The Bertz CT molecular complexity index is 538. The second-order valence-corrected chi connectivity index (χ2v) is 6.82. The van der Waals surface area contributed by atoms with E-state index in [1.54, 1.807) is 6.33 Å². The van der Waals surface area contributed by atoms with Gasteiger partial charge in [-0.3, -0.25) is 4.79 Å². The summed E-state index contributed by atoms with van der Waals surface area (Å²) >= 11 is 0. The normalized spacial score (nSPS) is 25.7. The van der Waals surface area contributed by atoms with Crippen LogP contribution in [0.3, 0.4) is 0 Å². The smallest absolute Gasteiger partial charge is 0.226 e. The molecule has 1 saturated heterocycles. The molecule has 2 aliphatic carbocycles. The molecule has 1 aromatic rings. The zero-order valence-electron chi connectivity index (χ0n) is 13.1. The van der Waals surface area contributed by atoms with Crippen molar-refractivity contribution in [2.24, 2.45) is 17.8 Å². The Morgan fingerprint density at radius 3 is 2.73 bits per heavy atom. The van der Waals surface area contributed by atoms with Crippen molar-refractivity contribution in [1.82, 2.24) is 19.7 Å². The second kappa shape index (κ2) is 5.65. The van der Waals surface area contributed by atoms with Crippen molar-refractivity contribution in [2.75, 3.05) is 19.7 Å². The summed E-state index contributed by atoms with van der Waals surface area (Å²) in [6, 6.07) is 0. The Morgan fingerprint density at radius 1 is 1.36 bits per heavy atom. The maximum atomic E-state index is 13.0. The number of rotatable bonds is 5. The van der Waals surface area contributed by atoms with Crippen molar-refractivity contribution >= 4 is 5.91 Å². The van der Waals surface area contributed by atoms with Crippen LogP contribution in [0.2, 0.25) is 0 Å². The van der Waals surface area contributed by atoms with Gasteiger partial charge in [0.2, 0.25) is 5.91 Å². The maximum Gasteiger partial charge on any atom is 0.226 e. The standard InChI is InChI=1S/C16H24N4O2/c1-2-19-10-17-18-15(19)13-9-20(7-8-22-13)16(21)14(11-3-4-11)12-5-6-12/h10-14H,2-9H2,1H3/t13-/m1/s1. The molecule has 6 heteroatoms. The van der Waals surface area contributed by atoms with Gasteiger partial charge < -0.3 is 14.2 Å². The van der Waals surface area contributed by atoms with Crippen LogP contribution >= 0.6 is 0 Å². The molecular weight excluding hydrogens is 280 g/mol. The number of aryl methyl sites for hydroxylation is 1. The van der Waals surface area contributed by atoms with E-state index in [1.807, 2.05) is 9.47 Å². The fourth-order valence-electron chi connectivity index (χ4n) is 3.67. The third-order valence-electron chi connectivity index (χ3n) is 5.20. The summed E-state index contributed by atoms with van der Waals surface area (Å²) in [4.78, 5) is 15.0. The number of hydrogen-bond donors (Lipinski definition) is 0. The fourth-order valence-corrected chi connectivity index (χ4v) is 3.67. The number of nitrogens with zero attached hydrogens (tertiary/aromatic N) is 4. The first kappa shape index (κ1) is 14.2. The van der Waals surface area contributed by atoms with Gasteiger partial charge in [-0.05, 0) is 44.4 Å². The molecule has 120 valence electrons. The highest BCUT2D eigenvalue weighted by molar-refractivity contribution is 5.80. The molecule has 0 N–H and O–H groups in total. The highest BCUT2D eigenvalue weighted by atomic mass is 16.5. The molecule has 4 rings (SSSR count). The fraction of sp³-hybridized carbons (Fsp3) is 0.812. The van der Waals surface area contributed by atoms with Crippen LogP contribution in [0.15, 0.2) is 6.33 Å². The number of morpholine rings is 1. The summed E-state index contributed by atoms with van der Waals surface area (Å²) in [6.07, 6.45) is 6.56. The Labute approximate surface area is 130 Å². The van der Waals surface area contributed by atoms with E-state index in [0.29, 0.717) is 37.4 Å². The van der Waals surface area contributed by atoms with Crippen molar-refractivity contribution in [3.63, 3.8) is 0 Å². The van der Waals surface area contributed by atoms with Crippen molar-refractivity contribution in [3.05, 3.63) is 12.2 Å². The lowest BCUT2D eigenvalue weighted by Gasteiger charge is -2.35. The Morgan fingerprint density at radius 2 is 2.09 bits per heavy atom. The number of aromatic nitrogens is 3. The third-order valence-corrected chi connectivity index (χ3v) is 5.20. The minimum Gasteiger partial charge on any atom is -0.366 e. The van der Waals surface area contributed by atoms with Crippen LogP contribution in [0.5, 0.6) is 0 Å². The lowest BCUT2D eigenvalue weighted by molar-refractivity contribution is -0.145. The van der Waals surface area contributed by atoms with Crippen molar-refractivity contribution in [2.45, 2.75) is 45.3 Å². The van der Waals surface area contributed by atoms with Crippen LogP contribution in [0.25, 0.3) is 0 Å². The number of hydrogen-bond acceptors (Lipinski definition) is 4.